The zero-order valence-electron chi connectivity index (χ0n) is 17.3. The number of halogens is 1. The molecule has 0 spiro atoms. The Labute approximate surface area is 193 Å². The minimum Gasteiger partial charge on any atom is -0.397 e. The fourth-order valence-corrected chi connectivity index (χ4v) is 4.45. The molecule has 5 rings (SSSR count). The summed E-state index contributed by atoms with van der Waals surface area (Å²) in [6.45, 7) is 1.26. The van der Waals surface area contributed by atoms with Crippen molar-refractivity contribution in [1.29, 1.82) is 0 Å². The van der Waals surface area contributed by atoms with Gasteiger partial charge in [0.05, 0.1) is 22.1 Å². The normalized spacial score (nSPS) is 16.3. The summed E-state index contributed by atoms with van der Waals surface area (Å²) in [5.41, 5.74) is 9.51. The highest BCUT2D eigenvalue weighted by molar-refractivity contribution is 9.10. The molecule has 1 aliphatic rings. The Kier molecular flexibility index (Phi) is 5.48. The van der Waals surface area contributed by atoms with Crippen LogP contribution < -0.4 is 11.1 Å². The number of hydrogen-bond donors (Lipinski definition) is 3. The lowest BCUT2D eigenvalue weighted by Crippen LogP contribution is -2.45. The van der Waals surface area contributed by atoms with E-state index in [2.05, 4.69) is 42.3 Å². The Morgan fingerprint density at radius 3 is 2.91 bits per heavy atom. The summed E-state index contributed by atoms with van der Waals surface area (Å²) in [6.07, 6.45) is 7.05. The summed E-state index contributed by atoms with van der Waals surface area (Å²) in [4.78, 5) is 31.3. The van der Waals surface area contributed by atoms with Crippen LogP contribution in [0.4, 0.5) is 11.6 Å². The number of piperidine rings is 1. The average Bonchev–Trinajstić information content (AvgIpc) is 3.25. The highest BCUT2D eigenvalue weighted by atomic mass is 79.9. The Morgan fingerprint density at radius 1 is 1.19 bits per heavy atom. The molecule has 1 amide bonds. The molecule has 1 aromatic carbocycles. The average molecular weight is 492 g/mol. The minimum absolute atomic E-state index is 0.0541. The molecule has 1 saturated heterocycles. The molecule has 1 fully saturated rings. The standard InChI is InChI=1S/C23H22BrN7O/c24-18-12-28-23(30-21(18)17-11-27-19-6-2-1-5-16(17)19)29-15-4-3-9-31(13-15)22(32)20-8-7-14(25)10-26-20/h1-2,5-8,10-12,15,27H,3-4,9,13,25H2,(H,28,29,30)/t15-/m1/s1. The van der Waals surface area contributed by atoms with Gasteiger partial charge in [-0.1, -0.05) is 18.2 Å². The van der Waals surface area contributed by atoms with Crippen LogP contribution in [0.3, 0.4) is 0 Å². The summed E-state index contributed by atoms with van der Waals surface area (Å²) >= 11 is 3.59. The van der Waals surface area contributed by atoms with E-state index < -0.39 is 0 Å². The van der Waals surface area contributed by atoms with Gasteiger partial charge in [-0.15, -0.1) is 0 Å². The van der Waals surface area contributed by atoms with Gasteiger partial charge in [0.15, 0.2) is 0 Å². The maximum Gasteiger partial charge on any atom is 0.272 e. The smallest absolute Gasteiger partial charge is 0.272 e. The van der Waals surface area contributed by atoms with Crippen molar-refractivity contribution in [2.45, 2.75) is 18.9 Å². The van der Waals surface area contributed by atoms with Crippen LogP contribution in [0, 0.1) is 0 Å². The van der Waals surface area contributed by atoms with Crippen molar-refractivity contribution in [2.24, 2.45) is 0 Å². The number of rotatable bonds is 4. The quantitative estimate of drug-likeness (QED) is 0.396. The first-order valence-electron chi connectivity index (χ1n) is 10.4. The van der Waals surface area contributed by atoms with Crippen LogP contribution in [0.5, 0.6) is 0 Å². The van der Waals surface area contributed by atoms with Gasteiger partial charge < -0.3 is 20.9 Å². The van der Waals surface area contributed by atoms with E-state index in [0.717, 1.165) is 39.5 Å². The number of pyridine rings is 1. The molecule has 0 saturated carbocycles. The van der Waals surface area contributed by atoms with Crippen molar-refractivity contribution >= 4 is 44.4 Å². The largest absolute Gasteiger partial charge is 0.397 e. The number of nitrogen functional groups attached to an aromatic ring is 1. The second-order valence-corrected chi connectivity index (χ2v) is 8.70. The summed E-state index contributed by atoms with van der Waals surface area (Å²) in [5, 5.41) is 4.52. The number of likely N-dealkylation sites (tertiary alicyclic amines) is 1. The number of nitrogens with two attached hydrogens (primary N) is 1. The summed E-state index contributed by atoms with van der Waals surface area (Å²) in [7, 11) is 0. The number of carbonyl (C=O) groups is 1. The molecule has 1 aliphatic heterocycles. The van der Waals surface area contributed by atoms with Crippen LogP contribution in [0.15, 0.2) is 59.5 Å². The third-order valence-electron chi connectivity index (χ3n) is 5.64. The van der Waals surface area contributed by atoms with Crippen LogP contribution in [-0.2, 0) is 0 Å². The second kappa shape index (κ2) is 8.58. The van der Waals surface area contributed by atoms with Crippen LogP contribution in [0.1, 0.15) is 23.3 Å². The van der Waals surface area contributed by atoms with Gasteiger partial charge in [0.1, 0.15) is 5.69 Å². The molecule has 4 heterocycles. The van der Waals surface area contributed by atoms with E-state index in [-0.39, 0.29) is 11.9 Å². The molecular formula is C23H22BrN7O. The zero-order valence-corrected chi connectivity index (χ0v) is 18.8. The molecule has 3 aromatic heterocycles. The van der Waals surface area contributed by atoms with Crippen molar-refractivity contribution in [1.82, 2.24) is 24.8 Å². The maximum atomic E-state index is 12.8. The van der Waals surface area contributed by atoms with E-state index >= 15 is 0 Å². The number of hydrogen-bond acceptors (Lipinski definition) is 6. The van der Waals surface area contributed by atoms with Crippen LogP contribution in [0.2, 0.25) is 0 Å². The van der Waals surface area contributed by atoms with Gasteiger partial charge in [-0.2, -0.15) is 0 Å². The topological polar surface area (TPSA) is 113 Å². The Bertz CT molecular complexity index is 1270. The maximum absolute atomic E-state index is 12.8. The van der Waals surface area contributed by atoms with E-state index in [1.807, 2.05) is 29.3 Å². The van der Waals surface area contributed by atoms with Gasteiger partial charge in [-0.25, -0.2) is 15.0 Å². The fourth-order valence-electron chi connectivity index (χ4n) is 4.05. The van der Waals surface area contributed by atoms with E-state index in [4.69, 9.17) is 10.7 Å². The van der Waals surface area contributed by atoms with Gasteiger partial charge in [0.2, 0.25) is 5.95 Å². The molecule has 0 aliphatic carbocycles. The number of H-pyrrole nitrogens is 1. The Balaban J connectivity index is 1.34. The number of nitrogens with one attached hydrogen (secondary N) is 2. The van der Waals surface area contributed by atoms with Gasteiger partial charge in [-0.05, 0) is 47.0 Å². The molecule has 162 valence electrons. The molecule has 0 bridgehead atoms. The first kappa shape index (κ1) is 20.4. The molecule has 4 aromatic rings. The van der Waals surface area contributed by atoms with E-state index in [0.29, 0.717) is 30.4 Å². The molecule has 0 radical (unpaired) electrons. The summed E-state index contributed by atoms with van der Waals surface area (Å²) in [5.74, 6) is 0.450. The van der Waals surface area contributed by atoms with E-state index in [1.165, 1.54) is 6.20 Å². The van der Waals surface area contributed by atoms with Gasteiger partial charge in [0.25, 0.3) is 5.91 Å². The Hall–Kier alpha value is -3.46. The SMILES string of the molecule is Nc1ccc(C(=O)N2CCC[C@@H](Nc3ncc(Br)c(-c4c[nH]c5ccccc45)n3)C2)nc1. The molecule has 9 heteroatoms. The summed E-state index contributed by atoms with van der Waals surface area (Å²) < 4.78 is 0.822. The number of anilines is 2. The lowest BCUT2D eigenvalue weighted by molar-refractivity contribution is 0.0708. The van der Waals surface area contributed by atoms with Crippen LogP contribution >= 0.6 is 15.9 Å². The minimum atomic E-state index is -0.0901. The highest BCUT2D eigenvalue weighted by Crippen LogP contribution is 2.32. The monoisotopic (exact) mass is 491 g/mol. The van der Waals surface area contributed by atoms with Crippen molar-refractivity contribution < 1.29 is 4.79 Å². The van der Waals surface area contributed by atoms with E-state index in [9.17, 15) is 4.79 Å². The Morgan fingerprint density at radius 2 is 2.06 bits per heavy atom. The second-order valence-electron chi connectivity index (χ2n) is 7.85. The third kappa shape index (κ3) is 4.03. The number of aromatic nitrogens is 4. The number of amides is 1. The molecule has 32 heavy (non-hydrogen) atoms. The van der Waals surface area contributed by atoms with E-state index in [1.54, 1.807) is 18.3 Å². The van der Waals surface area contributed by atoms with Crippen molar-refractivity contribution in [2.75, 3.05) is 24.1 Å². The van der Waals surface area contributed by atoms with Gasteiger partial charge in [0, 0.05) is 48.0 Å². The van der Waals surface area contributed by atoms with Crippen LogP contribution in [-0.4, -0.2) is 49.9 Å². The van der Waals surface area contributed by atoms with Crippen molar-refractivity contribution in [3.05, 3.63) is 65.2 Å². The van der Waals surface area contributed by atoms with Crippen LogP contribution in [0.25, 0.3) is 22.2 Å². The summed E-state index contributed by atoms with van der Waals surface area (Å²) in [6, 6.07) is 11.5. The van der Waals surface area contributed by atoms with Crippen molar-refractivity contribution in [3.63, 3.8) is 0 Å². The lowest BCUT2D eigenvalue weighted by atomic mass is 10.1. The predicted octanol–water partition coefficient (Wildman–Crippen LogP) is 4.08. The first-order chi connectivity index (χ1) is 15.6. The van der Waals surface area contributed by atoms with Gasteiger partial charge >= 0.3 is 0 Å². The highest BCUT2D eigenvalue weighted by Gasteiger charge is 2.26. The number of nitrogens with zero attached hydrogens (tertiary/aromatic N) is 4. The van der Waals surface area contributed by atoms with Gasteiger partial charge in [-0.3, -0.25) is 4.79 Å². The molecule has 8 nitrogen and oxygen atoms in total. The predicted molar refractivity (Wildman–Crippen MR) is 128 cm³/mol. The number of benzene rings is 1. The zero-order chi connectivity index (χ0) is 22.1. The fraction of sp³-hybridized carbons (Fsp3) is 0.217. The lowest BCUT2D eigenvalue weighted by Gasteiger charge is -2.33. The van der Waals surface area contributed by atoms with Crippen molar-refractivity contribution in [3.8, 4) is 11.3 Å². The molecule has 4 N–H and O–H groups in total. The molecular weight excluding hydrogens is 470 g/mol. The first-order valence-corrected chi connectivity index (χ1v) is 11.2. The molecule has 1 atom stereocenters. The third-order valence-corrected chi connectivity index (χ3v) is 6.22. The number of carbonyl (C=O) groups excluding carboxylic acids is 1. The number of fused-ring (bicyclic) bond motifs is 1. The molecule has 0 unspecified atom stereocenters. The number of para-hydroxylation sites is 1. The number of aromatic amines is 1.